The summed E-state index contributed by atoms with van der Waals surface area (Å²) in [5.74, 6) is 0.0295. The van der Waals surface area contributed by atoms with Gasteiger partial charge in [0.2, 0.25) is 0 Å². The number of benzene rings is 1. The van der Waals surface area contributed by atoms with E-state index in [9.17, 15) is 4.79 Å². The van der Waals surface area contributed by atoms with Crippen molar-refractivity contribution in [1.82, 2.24) is 4.98 Å². The van der Waals surface area contributed by atoms with E-state index >= 15 is 0 Å². The van der Waals surface area contributed by atoms with Gasteiger partial charge in [0, 0.05) is 25.2 Å². The molecule has 1 fully saturated rings. The van der Waals surface area contributed by atoms with Crippen LogP contribution in [0.3, 0.4) is 0 Å². The normalized spacial score (nSPS) is 22.1. The lowest BCUT2D eigenvalue weighted by atomic mass is 10.2. The number of hydrogen-bond donors (Lipinski definition) is 2. The van der Waals surface area contributed by atoms with Crippen molar-refractivity contribution in [2.75, 3.05) is 11.9 Å². The second-order valence-electron chi connectivity index (χ2n) is 4.74. The van der Waals surface area contributed by atoms with Gasteiger partial charge < -0.3 is 14.8 Å². The van der Waals surface area contributed by atoms with Crippen molar-refractivity contribution >= 4 is 22.8 Å². The van der Waals surface area contributed by atoms with Gasteiger partial charge in [-0.3, -0.25) is 4.79 Å². The van der Waals surface area contributed by atoms with E-state index < -0.39 is 5.97 Å². The molecule has 1 saturated carbocycles. The van der Waals surface area contributed by atoms with Crippen molar-refractivity contribution in [2.24, 2.45) is 11.8 Å². The molecule has 2 N–H and O–H groups in total. The van der Waals surface area contributed by atoms with Gasteiger partial charge in [-0.05, 0) is 24.5 Å². The third kappa shape index (κ3) is 2.03. The third-order valence-corrected chi connectivity index (χ3v) is 3.30. The minimum Gasteiger partial charge on any atom is -0.481 e. The standard InChI is InChI=1S/C13H14N2O3/c1-7-15-11-3-2-9(5-12(11)18-7)14-6-8-4-10(8)13(16)17/h2-3,5,8,10,14H,4,6H2,1H3,(H,16,17). The monoisotopic (exact) mass is 246 g/mol. The second-order valence-corrected chi connectivity index (χ2v) is 4.74. The molecule has 0 saturated heterocycles. The van der Waals surface area contributed by atoms with Gasteiger partial charge in [-0.15, -0.1) is 0 Å². The number of nitrogens with one attached hydrogen (secondary N) is 1. The molecule has 0 spiro atoms. The van der Waals surface area contributed by atoms with Crippen LogP contribution in [0.1, 0.15) is 12.3 Å². The number of anilines is 1. The van der Waals surface area contributed by atoms with Crippen LogP contribution in [-0.4, -0.2) is 22.6 Å². The smallest absolute Gasteiger partial charge is 0.306 e. The molecular weight excluding hydrogens is 232 g/mol. The molecule has 2 unspecified atom stereocenters. The van der Waals surface area contributed by atoms with Crippen molar-refractivity contribution < 1.29 is 14.3 Å². The van der Waals surface area contributed by atoms with Crippen LogP contribution in [-0.2, 0) is 4.79 Å². The summed E-state index contributed by atoms with van der Waals surface area (Å²) in [7, 11) is 0. The molecule has 18 heavy (non-hydrogen) atoms. The zero-order valence-electron chi connectivity index (χ0n) is 10.0. The zero-order valence-corrected chi connectivity index (χ0v) is 10.0. The highest BCUT2D eigenvalue weighted by atomic mass is 16.4. The number of rotatable bonds is 4. The van der Waals surface area contributed by atoms with Crippen LogP contribution in [0.15, 0.2) is 22.6 Å². The minimum atomic E-state index is -0.692. The van der Waals surface area contributed by atoms with Gasteiger partial charge in [-0.25, -0.2) is 4.98 Å². The summed E-state index contributed by atoms with van der Waals surface area (Å²) in [5.41, 5.74) is 2.53. The Morgan fingerprint density at radius 1 is 1.61 bits per heavy atom. The maximum atomic E-state index is 10.7. The van der Waals surface area contributed by atoms with Gasteiger partial charge in [0.15, 0.2) is 11.5 Å². The topological polar surface area (TPSA) is 75.4 Å². The first-order valence-electron chi connectivity index (χ1n) is 5.97. The molecule has 0 bridgehead atoms. The summed E-state index contributed by atoms with van der Waals surface area (Å²) in [5, 5.41) is 12.1. The number of aromatic nitrogens is 1. The van der Waals surface area contributed by atoms with E-state index in [1.54, 1.807) is 0 Å². The largest absolute Gasteiger partial charge is 0.481 e. The molecule has 1 aliphatic rings. The molecule has 5 nitrogen and oxygen atoms in total. The van der Waals surface area contributed by atoms with Crippen molar-refractivity contribution in [3.8, 4) is 0 Å². The van der Waals surface area contributed by atoms with E-state index in [4.69, 9.17) is 9.52 Å². The summed E-state index contributed by atoms with van der Waals surface area (Å²) in [6.07, 6.45) is 0.770. The van der Waals surface area contributed by atoms with Crippen LogP contribution >= 0.6 is 0 Å². The molecule has 94 valence electrons. The van der Waals surface area contributed by atoms with E-state index in [0.29, 0.717) is 12.4 Å². The predicted molar refractivity (Wildman–Crippen MR) is 66.5 cm³/mol. The van der Waals surface area contributed by atoms with Crippen LogP contribution in [0.5, 0.6) is 0 Å². The first-order valence-corrected chi connectivity index (χ1v) is 5.97. The predicted octanol–water partition coefficient (Wildman–Crippen LogP) is 2.27. The number of carboxylic acid groups (broad SMARTS) is 1. The number of aryl methyl sites for hydroxylation is 1. The zero-order chi connectivity index (χ0) is 12.7. The molecule has 3 rings (SSSR count). The lowest BCUT2D eigenvalue weighted by molar-refractivity contribution is -0.138. The van der Waals surface area contributed by atoms with Crippen molar-refractivity contribution in [2.45, 2.75) is 13.3 Å². The molecule has 2 aromatic rings. The summed E-state index contributed by atoms with van der Waals surface area (Å²) >= 11 is 0. The maximum Gasteiger partial charge on any atom is 0.306 e. The number of carboxylic acids is 1. The SMILES string of the molecule is Cc1nc2ccc(NCC3CC3C(=O)O)cc2o1. The van der Waals surface area contributed by atoms with Gasteiger partial charge in [0.05, 0.1) is 5.92 Å². The number of fused-ring (bicyclic) bond motifs is 1. The lowest BCUT2D eigenvalue weighted by Crippen LogP contribution is -2.08. The molecule has 5 heteroatoms. The van der Waals surface area contributed by atoms with E-state index in [1.165, 1.54) is 0 Å². The van der Waals surface area contributed by atoms with Crippen LogP contribution in [0, 0.1) is 18.8 Å². The van der Waals surface area contributed by atoms with Gasteiger partial charge in [-0.2, -0.15) is 0 Å². The Kier molecular flexibility index (Phi) is 2.47. The Morgan fingerprint density at radius 2 is 2.44 bits per heavy atom. The summed E-state index contributed by atoms with van der Waals surface area (Å²) in [4.78, 5) is 14.9. The van der Waals surface area contributed by atoms with Gasteiger partial charge in [0.25, 0.3) is 0 Å². The summed E-state index contributed by atoms with van der Waals surface area (Å²) in [6, 6.07) is 5.73. The van der Waals surface area contributed by atoms with Crippen LogP contribution in [0.2, 0.25) is 0 Å². The van der Waals surface area contributed by atoms with E-state index in [0.717, 1.165) is 23.2 Å². The Labute approximate surface area is 104 Å². The molecule has 2 atom stereocenters. The third-order valence-electron chi connectivity index (χ3n) is 3.30. The molecule has 1 aliphatic carbocycles. The van der Waals surface area contributed by atoms with Crippen LogP contribution in [0.4, 0.5) is 5.69 Å². The average Bonchev–Trinajstić information content (AvgIpc) is 3.01. The fourth-order valence-electron chi connectivity index (χ4n) is 2.17. The molecule has 0 amide bonds. The molecule has 0 aliphatic heterocycles. The molecule has 1 heterocycles. The van der Waals surface area contributed by atoms with Crippen LogP contribution in [0.25, 0.3) is 11.1 Å². The molecule has 1 aromatic heterocycles. The van der Waals surface area contributed by atoms with Gasteiger partial charge >= 0.3 is 5.97 Å². The first-order chi connectivity index (χ1) is 8.63. The quantitative estimate of drug-likeness (QED) is 0.865. The number of aliphatic carboxylic acids is 1. The Balaban J connectivity index is 1.66. The highest BCUT2D eigenvalue weighted by Crippen LogP contribution is 2.38. The highest BCUT2D eigenvalue weighted by molar-refractivity contribution is 5.77. The highest BCUT2D eigenvalue weighted by Gasteiger charge is 2.42. The summed E-state index contributed by atoms with van der Waals surface area (Å²) < 4.78 is 5.45. The molecule has 1 aromatic carbocycles. The molecule has 0 radical (unpaired) electrons. The Bertz CT molecular complexity index is 605. The second kappa shape index (κ2) is 4.01. The van der Waals surface area contributed by atoms with Gasteiger partial charge in [0.1, 0.15) is 5.52 Å². The maximum absolute atomic E-state index is 10.7. The average molecular weight is 246 g/mol. The lowest BCUT2D eigenvalue weighted by Gasteiger charge is -2.04. The Hall–Kier alpha value is -2.04. The summed E-state index contributed by atoms with van der Waals surface area (Å²) in [6.45, 7) is 2.50. The van der Waals surface area contributed by atoms with Gasteiger partial charge in [-0.1, -0.05) is 0 Å². The van der Waals surface area contributed by atoms with E-state index in [2.05, 4.69) is 10.3 Å². The number of oxazole rings is 1. The fraction of sp³-hybridized carbons (Fsp3) is 0.385. The van der Waals surface area contributed by atoms with E-state index in [-0.39, 0.29) is 11.8 Å². The van der Waals surface area contributed by atoms with E-state index in [1.807, 2.05) is 25.1 Å². The number of hydrogen-bond acceptors (Lipinski definition) is 4. The number of carbonyl (C=O) groups is 1. The van der Waals surface area contributed by atoms with Crippen molar-refractivity contribution in [3.63, 3.8) is 0 Å². The minimum absolute atomic E-state index is 0.172. The first kappa shape index (κ1) is 11.1. The van der Waals surface area contributed by atoms with Crippen molar-refractivity contribution in [1.29, 1.82) is 0 Å². The molecular formula is C13H14N2O3. The van der Waals surface area contributed by atoms with Crippen molar-refractivity contribution in [3.05, 3.63) is 24.1 Å². The Morgan fingerprint density at radius 3 is 3.17 bits per heavy atom. The number of nitrogens with zero attached hydrogens (tertiary/aromatic N) is 1. The van der Waals surface area contributed by atoms with Crippen LogP contribution < -0.4 is 5.32 Å². The fourth-order valence-corrected chi connectivity index (χ4v) is 2.17.